The molecule has 0 spiro atoms. The summed E-state index contributed by atoms with van der Waals surface area (Å²) in [6.45, 7) is 3.10. The molecule has 0 atom stereocenters. The van der Waals surface area contributed by atoms with E-state index in [1.54, 1.807) is 42.7 Å². The van der Waals surface area contributed by atoms with Crippen LogP contribution < -0.4 is 5.73 Å². The Labute approximate surface area is 189 Å². The SMILES string of the molecule is Cc1c(-c2nc3ccc(C(=N)N)cc3[nH]2)ncn1CCCCN1C(=O)c2ccccc2C1=O. The number of nitrogens with zero attached hydrogens (tertiary/aromatic N) is 4. The number of carbonyl (C=O) groups is 2. The number of amidine groups is 1. The van der Waals surface area contributed by atoms with Crippen molar-refractivity contribution in [2.24, 2.45) is 5.73 Å². The number of carbonyl (C=O) groups excluding carboxylic acids is 2. The standard InChI is InChI=1S/C24H23N7O2/c1-14-20(22-28-18-9-8-15(21(25)26)12-19(18)29-22)27-13-30(14)10-4-5-11-31-23(32)16-6-2-3-7-17(16)24(31)33/h2-3,6-9,12-13H,4-5,10-11H2,1H3,(H3,25,26)(H,28,29). The Bertz CT molecular complexity index is 1380. The first-order valence-corrected chi connectivity index (χ1v) is 10.8. The van der Waals surface area contributed by atoms with Gasteiger partial charge < -0.3 is 15.3 Å². The minimum Gasteiger partial charge on any atom is -0.384 e. The van der Waals surface area contributed by atoms with Crippen LogP contribution in [0.4, 0.5) is 0 Å². The highest BCUT2D eigenvalue weighted by molar-refractivity contribution is 6.21. The largest absolute Gasteiger partial charge is 0.384 e. The van der Waals surface area contributed by atoms with E-state index in [9.17, 15) is 9.59 Å². The number of fused-ring (bicyclic) bond motifs is 2. The molecule has 9 nitrogen and oxygen atoms in total. The first-order chi connectivity index (χ1) is 15.9. The van der Waals surface area contributed by atoms with Crippen LogP contribution in [0.1, 0.15) is 44.8 Å². The number of H-pyrrole nitrogens is 1. The van der Waals surface area contributed by atoms with Gasteiger partial charge in [0.25, 0.3) is 11.8 Å². The number of imidazole rings is 2. The van der Waals surface area contributed by atoms with Gasteiger partial charge in [-0.1, -0.05) is 12.1 Å². The van der Waals surface area contributed by atoms with Crippen molar-refractivity contribution in [3.8, 4) is 11.5 Å². The Balaban J connectivity index is 1.23. The summed E-state index contributed by atoms with van der Waals surface area (Å²) in [5, 5.41) is 7.60. The van der Waals surface area contributed by atoms with E-state index in [0.29, 0.717) is 35.5 Å². The third-order valence-corrected chi connectivity index (χ3v) is 6.03. The summed E-state index contributed by atoms with van der Waals surface area (Å²) in [5.41, 5.74) is 10.5. The molecule has 2 aromatic carbocycles. The summed E-state index contributed by atoms with van der Waals surface area (Å²) in [5.74, 6) is 0.242. The van der Waals surface area contributed by atoms with Crippen molar-refractivity contribution in [1.29, 1.82) is 5.41 Å². The Morgan fingerprint density at radius 3 is 2.45 bits per heavy atom. The van der Waals surface area contributed by atoms with Crippen LogP contribution in [0.5, 0.6) is 0 Å². The Kier molecular flexibility index (Phi) is 5.01. The molecular formula is C24H23N7O2. The second kappa shape index (κ2) is 8.01. The maximum absolute atomic E-state index is 12.5. The molecular weight excluding hydrogens is 418 g/mol. The van der Waals surface area contributed by atoms with Gasteiger partial charge in [-0.2, -0.15) is 0 Å². The zero-order valence-electron chi connectivity index (χ0n) is 18.1. The van der Waals surface area contributed by atoms with Crippen molar-refractivity contribution >= 4 is 28.7 Å². The number of amides is 2. The average molecular weight is 441 g/mol. The molecule has 166 valence electrons. The molecule has 0 saturated carbocycles. The van der Waals surface area contributed by atoms with Crippen molar-refractivity contribution in [3.05, 3.63) is 71.2 Å². The van der Waals surface area contributed by atoms with Crippen LogP contribution in [-0.4, -0.2) is 48.6 Å². The normalized spacial score (nSPS) is 13.2. The molecule has 3 heterocycles. The summed E-state index contributed by atoms with van der Waals surface area (Å²) in [6, 6.07) is 12.4. The smallest absolute Gasteiger partial charge is 0.261 e. The van der Waals surface area contributed by atoms with Crippen molar-refractivity contribution in [2.45, 2.75) is 26.3 Å². The van der Waals surface area contributed by atoms with Crippen molar-refractivity contribution < 1.29 is 9.59 Å². The average Bonchev–Trinajstić information content (AvgIpc) is 3.46. The molecule has 9 heteroatoms. The molecule has 2 amide bonds. The Hall–Kier alpha value is -4.27. The van der Waals surface area contributed by atoms with E-state index in [2.05, 4.69) is 15.0 Å². The summed E-state index contributed by atoms with van der Waals surface area (Å²) in [6.07, 6.45) is 3.28. The quantitative estimate of drug-likeness (QED) is 0.175. The lowest BCUT2D eigenvalue weighted by Gasteiger charge is -2.13. The lowest BCUT2D eigenvalue weighted by atomic mass is 10.1. The van der Waals surface area contributed by atoms with Gasteiger partial charge in [0.1, 0.15) is 11.5 Å². The van der Waals surface area contributed by atoms with Crippen molar-refractivity contribution in [1.82, 2.24) is 24.4 Å². The predicted molar refractivity (Wildman–Crippen MR) is 124 cm³/mol. The number of aryl methyl sites for hydroxylation is 1. The molecule has 0 bridgehead atoms. The number of aromatic nitrogens is 4. The number of hydrogen-bond donors (Lipinski definition) is 3. The fourth-order valence-corrected chi connectivity index (χ4v) is 4.18. The van der Waals surface area contributed by atoms with Gasteiger partial charge in [-0.3, -0.25) is 19.9 Å². The summed E-state index contributed by atoms with van der Waals surface area (Å²) in [7, 11) is 0. The monoisotopic (exact) mass is 441 g/mol. The van der Waals surface area contributed by atoms with Crippen LogP contribution in [0.25, 0.3) is 22.6 Å². The molecule has 5 rings (SSSR count). The van der Waals surface area contributed by atoms with Crippen molar-refractivity contribution in [3.63, 3.8) is 0 Å². The van der Waals surface area contributed by atoms with Crippen molar-refractivity contribution in [2.75, 3.05) is 6.54 Å². The highest BCUT2D eigenvalue weighted by Gasteiger charge is 2.34. The maximum Gasteiger partial charge on any atom is 0.261 e. The Morgan fingerprint density at radius 1 is 1.06 bits per heavy atom. The summed E-state index contributed by atoms with van der Waals surface area (Å²) >= 11 is 0. The maximum atomic E-state index is 12.5. The van der Waals surface area contributed by atoms with E-state index >= 15 is 0 Å². The van der Waals surface area contributed by atoms with Gasteiger partial charge in [0.05, 0.1) is 28.5 Å². The van der Waals surface area contributed by atoms with E-state index in [0.717, 1.165) is 35.4 Å². The third kappa shape index (κ3) is 3.57. The molecule has 0 saturated heterocycles. The van der Waals surface area contributed by atoms with Crippen LogP contribution in [0, 0.1) is 12.3 Å². The van der Waals surface area contributed by atoms with E-state index < -0.39 is 0 Å². The van der Waals surface area contributed by atoms with Crippen LogP contribution in [0.15, 0.2) is 48.8 Å². The van der Waals surface area contributed by atoms with Gasteiger partial charge in [0, 0.05) is 24.3 Å². The first-order valence-electron chi connectivity index (χ1n) is 10.8. The van der Waals surface area contributed by atoms with Gasteiger partial charge in [-0.15, -0.1) is 0 Å². The third-order valence-electron chi connectivity index (χ3n) is 6.03. The van der Waals surface area contributed by atoms with Gasteiger partial charge in [0.15, 0.2) is 5.82 Å². The fourth-order valence-electron chi connectivity index (χ4n) is 4.18. The highest BCUT2D eigenvalue weighted by atomic mass is 16.2. The number of nitrogens with two attached hydrogens (primary N) is 1. The number of nitrogen functional groups attached to an aromatic ring is 1. The van der Waals surface area contributed by atoms with Gasteiger partial charge in [-0.05, 0) is 50.1 Å². The van der Waals surface area contributed by atoms with Gasteiger partial charge in [-0.25, -0.2) is 9.97 Å². The van der Waals surface area contributed by atoms with Crippen LogP contribution in [0.2, 0.25) is 0 Å². The molecule has 1 aliphatic rings. The van der Waals surface area contributed by atoms with E-state index in [1.807, 2.05) is 17.6 Å². The Morgan fingerprint density at radius 2 is 1.76 bits per heavy atom. The highest BCUT2D eigenvalue weighted by Crippen LogP contribution is 2.24. The lowest BCUT2D eigenvalue weighted by molar-refractivity contribution is 0.0651. The molecule has 0 radical (unpaired) electrons. The molecule has 0 fully saturated rings. The lowest BCUT2D eigenvalue weighted by Crippen LogP contribution is -2.30. The van der Waals surface area contributed by atoms with Gasteiger partial charge >= 0.3 is 0 Å². The minimum absolute atomic E-state index is 0.00900. The van der Waals surface area contributed by atoms with E-state index in [4.69, 9.17) is 11.1 Å². The molecule has 33 heavy (non-hydrogen) atoms. The molecule has 1 aliphatic heterocycles. The molecule has 4 aromatic rings. The fraction of sp³-hybridized carbons (Fsp3) is 0.208. The van der Waals surface area contributed by atoms with E-state index in [1.165, 1.54) is 4.90 Å². The number of imide groups is 1. The topological polar surface area (TPSA) is 134 Å². The van der Waals surface area contributed by atoms with Crippen LogP contribution in [0.3, 0.4) is 0 Å². The molecule has 4 N–H and O–H groups in total. The second-order valence-corrected chi connectivity index (χ2v) is 8.12. The first kappa shape index (κ1) is 20.6. The zero-order valence-corrected chi connectivity index (χ0v) is 18.1. The number of hydrogen-bond acceptors (Lipinski definition) is 5. The molecule has 0 unspecified atom stereocenters. The minimum atomic E-state index is -0.213. The zero-order chi connectivity index (χ0) is 23.1. The number of benzene rings is 2. The number of aromatic amines is 1. The molecule has 0 aliphatic carbocycles. The number of unbranched alkanes of at least 4 members (excludes halogenated alkanes) is 1. The molecule has 2 aromatic heterocycles. The van der Waals surface area contributed by atoms with E-state index in [-0.39, 0.29) is 17.6 Å². The predicted octanol–water partition coefficient (Wildman–Crippen LogP) is 3.10. The second-order valence-electron chi connectivity index (χ2n) is 8.12. The number of rotatable bonds is 7. The van der Waals surface area contributed by atoms with Gasteiger partial charge in [0.2, 0.25) is 0 Å². The number of nitrogens with one attached hydrogen (secondary N) is 2. The van der Waals surface area contributed by atoms with Crippen LogP contribution >= 0.6 is 0 Å². The summed E-state index contributed by atoms with van der Waals surface area (Å²) in [4.78, 5) is 38.7. The summed E-state index contributed by atoms with van der Waals surface area (Å²) < 4.78 is 2.05. The van der Waals surface area contributed by atoms with Crippen LogP contribution in [-0.2, 0) is 6.54 Å².